The Labute approximate surface area is 108 Å². The van der Waals surface area contributed by atoms with E-state index < -0.39 is 5.82 Å². The van der Waals surface area contributed by atoms with E-state index in [9.17, 15) is 9.18 Å². The lowest BCUT2D eigenvalue weighted by molar-refractivity contribution is 0.104. The van der Waals surface area contributed by atoms with Gasteiger partial charge in [0.05, 0.1) is 11.6 Å². The van der Waals surface area contributed by atoms with Gasteiger partial charge < -0.3 is 9.64 Å². The van der Waals surface area contributed by atoms with Gasteiger partial charge in [-0.15, -0.1) is 0 Å². The molecule has 0 radical (unpaired) electrons. The second-order valence-electron chi connectivity index (χ2n) is 3.62. The molecule has 0 saturated carbocycles. The van der Waals surface area contributed by atoms with Crippen molar-refractivity contribution in [2.24, 2.45) is 0 Å². The van der Waals surface area contributed by atoms with Crippen LogP contribution in [0.25, 0.3) is 0 Å². The van der Waals surface area contributed by atoms with Crippen molar-refractivity contribution in [2.45, 2.75) is 0 Å². The van der Waals surface area contributed by atoms with Crippen LogP contribution in [0.2, 0.25) is 0 Å². The Morgan fingerprint density at radius 1 is 1.47 bits per heavy atom. The predicted octanol–water partition coefficient (Wildman–Crippen LogP) is 2.85. The Morgan fingerprint density at radius 2 is 2.12 bits per heavy atom. The minimum Gasteiger partial charge on any atom is -0.492 e. The number of allylic oxidation sites excluding steroid dienone is 1. The fourth-order valence-electron chi connectivity index (χ4n) is 1.21. The molecule has 0 spiro atoms. The lowest BCUT2D eigenvalue weighted by Gasteiger charge is -2.07. The number of rotatable bonds is 4. The number of ether oxygens (including phenoxy) is 1. The van der Waals surface area contributed by atoms with E-state index in [0.29, 0.717) is 4.47 Å². The molecule has 1 rings (SSSR count). The highest BCUT2D eigenvalue weighted by Gasteiger charge is 2.12. The second-order valence-corrected chi connectivity index (χ2v) is 4.47. The Bertz CT molecular complexity index is 435. The molecule has 0 atom stereocenters. The summed E-state index contributed by atoms with van der Waals surface area (Å²) in [5.74, 6) is -0.734. The molecule has 0 unspecified atom stereocenters. The topological polar surface area (TPSA) is 29.5 Å². The maximum Gasteiger partial charge on any atom is 0.187 e. The van der Waals surface area contributed by atoms with Gasteiger partial charge >= 0.3 is 0 Å². The van der Waals surface area contributed by atoms with Gasteiger partial charge in [0, 0.05) is 31.9 Å². The van der Waals surface area contributed by atoms with Crippen molar-refractivity contribution in [2.75, 3.05) is 21.2 Å². The number of carbonyl (C=O) groups excluding carboxylic acids is 1. The third kappa shape index (κ3) is 3.56. The number of halogens is 2. The first-order chi connectivity index (χ1) is 7.95. The van der Waals surface area contributed by atoms with Crippen LogP contribution in [0.3, 0.4) is 0 Å². The van der Waals surface area contributed by atoms with Crippen LogP contribution >= 0.6 is 15.9 Å². The maximum absolute atomic E-state index is 13.5. The van der Waals surface area contributed by atoms with Crippen LogP contribution in [-0.4, -0.2) is 31.9 Å². The van der Waals surface area contributed by atoms with E-state index in [4.69, 9.17) is 4.74 Å². The van der Waals surface area contributed by atoms with Crippen molar-refractivity contribution in [3.63, 3.8) is 0 Å². The van der Waals surface area contributed by atoms with Gasteiger partial charge in [0.2, 0.25) is 0 Å². The van der Waals surface area contributed by atoms with Crippen molar-refractivity contribution >= 4 is 21.7 Å². The zero-order valence-electron chi connectivity index (χ0n) is 9.83. The fraction of sp³-hybridized carbons (Fsp3) is 0.250. The average Bonchev–Trinajstić information content (AvgIpc) is 2.25. The third-order valence-electron chi connectivity index (χ3n) is 2.01. The van der Waals surface area contributed by atoms with Gasteiger partial charge in [0.1, 0.15) is 0 Å². The molecule has 1 aromatic rings. The SMILES string of the molecule is COc1c(F)cc(C(=O)C=CN(C)C)cc1Br. The molecule has 0 heterocycles. The number of ketones is 1. The van der Waals surface area contributed by atoms with E-state index in [1.807, 2.05) is 0 Å². The molecule has 17 heavy (non-hydrogen) atoms. The maximum atomic E-state index is 13.5. The van der Waals surface area contributed by atoms with E-state index >= 15 is 0 Å². The summed E-state index contributed by atoms with van der Waals surface area (Å²) in [4.78, 5) is 13.4. The van der Waals surface area contributed by atoms with Crippen LogP contribution in [0, 0.1) is 5.82 Å². The summed E-state index contributed by atoms with van der Waals surface area (Å²) < 4.78 is 18.8. The van der Waals surface area contributed by atoms with Crippen LogP contribution in [-0.2, 0) is 0 Å². The predicted molar refractivity (Wildman–Crippen MR) is 67.8 cm³/mol. The zero-order valence-corrected chi connectivity index (χ0v) is 11.4. The summed E-state index contributed by atoms with van der Waals surface area (Å²) in [7, 11) is 4.97. The molecule has 1 aromatic carbocycles. The first-order valence-electron chi connectivity index (χ1n) is 4.87. The van der Waals surface area contributed by atoms with E-state index in [1.165, 1.54) is 19.3 Å². The van der Waals surface area contributed by atoms with Gasteiger partial charge in [-0.2, -0.15) is 0 Å². The highest BCUT2D eigenvalue weighted by Crippen LogP contribution is 2.29. The molecule has 0 saturated heterocycles. The first-order valence-corrected chi connectivity index (χ1v) is 5.67. The number of hydrogen-bond donors (Lipinski definition) is 0. The van der Waals surface area contributed by atoms with Crippen molar-refractivity contribution in [1.82, 2.24) is 4.90 Å². The molecular formula is C12H13BrFNO2. The summed E-state index contributed by atoms with van der Waals surface area (Å²) in [6.07, 6.45) is 2.99. The number of benzene rings is 1. The Morgan fingerprint density at radius 3 is 2.59 bits per heavy atom. The number of nitrogens with zero attached hydrogens (tertiary/aromatic N) is 1. The quantitative estimate of drug-likeness (QED) is 0.633. The van der Waals surface area contributed by atoms with E-state index in [0.717, 1.165) is 6.07 Å². The summed E-state index contributed by atoms with van der Waals surface area (Å²) in [6, 6.07) is 2.69. The van der Waals surface area contributed by atoms with Crippen molar-refractivity contribution in [1.29, 1.82) is 0 Å². The van der Waals surface area contributed by atoms with E-state index in [-0.39, 0.29) is 17.1 Å². The number of carbonyl (C=O) groups is 1. The molecule has 5 heteroatoms. The molecular weight excluding hydrogens is 289 g/mol. The van der Waals surface area contributed by atoms with Crippen LogP contribution < -0.4 is 4.74 Å². The molecule has 0 N–H and O–H groups in total. The number of methoxy groups -OCH3 is 1. The average molecular weight is 302 g/mol. The van der Waals surface area contributed by atoms with Gasteiger partial charge in [0.15, 0.2) is 17.3 Å². The van der Waals surface area contributed by atoms with Crippen molar-refractivity contribution in [3.8, 4) is 5.75 Å². The Kier molecular flexibility index (Phi) is 4.69. The molecule has 3 nitrogen and oxygen atoms in total. The zero-order chi connectivity index (χ0) is 13.0. The van der Waals surface area contributed by atoms with E-state index in [1.54, 1.807) is 25.2 Å². The molecule has 0 aliphatic heterocycles. The minimum absolute atomic E-state index is 0.0955. The van der Waals surface area contributed by atoms with Gasteiger partial charge in [0.25, 0.3) is 0 Å². The Balaban J connectivity index is 3.04. The summed E-state index contributed by atoms with van der Waals surface area (Å²) >= 11 is 3.15. The van der Waals surface area contributed by atoms with Gasteiger partial charge in [-0.05, 0) is 28.1 Å². The largest absolute Gasteiger partial charge is 0.492 e. The van der Waals surface area contributed by atoms with Crippen LogP contribution in [0.5, 0.6) is 5.75 Å². The lowest BCUT2D eigenvalue weighted by atomic mass is 10.1. The summed E-state index contributed by atoms with van der Waals surface area (Å²) in [6.45, 7) is 0. The minimum atomic E-state index is -0.566. The van der Waals surface area contributed by atoms with Crippen LogP contribution in [0.15, 0.2) is 28.9 Å². The van der Waals surface area contributed by atoms with Gasteiger partial charge in [-0.1, -0.05) is 0 Å². The third-order valence-corrected chi connectivity index (χ3v) is 2.60. The lowest BCUT2D eigenvalue weighted by Crippen LogP contribution is -2.04. The van der Waals surface area contributed by atoms with Gasteiger partial charge in [-0.25, -0.2) is 4.39 Å². The highest BCUT2D eigenvalue weighted by atomic mass is 79.9. The van der Waals surface area contributed by atoms with Crippen LogP contribution in [0.4, 0.5) is 4.39 Å². The summed E-state index contributed by atoms with van der Waals surface area (Å²) in [5.41, 5.74) is 0.272. The van der Waals surface area contributed by atoms with E-state index in [2.05, 4.69) is 15.9 Å². The molecule has 92 valence electrons. The normalized spacial score (nSPS) is 10.6. The second kappa shape index (κ2) is 5.82. The molecule has 0 fully saturated rings. The smallest absolute Gasteiger partial charge is 0.187 e. The molecule has 0 bridgehead atoms. The van der Waals surface area contributed by atoms with Crippen LogP contribution in [0.1, 0.15) is 10.4 Å². The van der Waals surface area contributed by atoms with Crippen molar-refractivity contribution in [3.05, 3.63) is 40.3 Å². The highest BCUT2D eigenvalue weighted by molar-refractivity contribution is 9.10. The molecule has 0 aliphatic carbocycles. The molecule has 0 aliphatic rings. The van der Waals surface area contributed by atoms with Gasteiger partial charge in [-0.3, -0.25) is 4.79 Å². The molecule has 0 aromatic heterocycles. The Hall–Kier alpha value is -1.36. The first kappa shape index (κ1) is 13.7. The monoisotopic (exact) mass is 301 g/mol. The number of hydrogen-bond acceptors (Lipinski definition) is 3. The van der Waals surface area contributed by atoms with Crippen molar-refractivity contribution < 1.29 is 13.9 Å². The fourth-order valence-corrected chi connectivity index (χ4v) is 1.81. The molecule has 0 amide bonds. The standard InChI is InChI=1S/C12H13BrFNO2/c1-15(2)5-4-11(16)8-6-9(13)12(17-3)10(14)7-8/h4-7H,1-3H3. The summed E-state index contributed by atoms with van der Waals surface area (Å²) in [5, 5.41) is 0.